The van der Waals surface area contributed by atoms with Crippen molar-refractivity contribution in [2.75, 3.05) is 6.61 Å². The normalized spacial score (nSPS) is 11.1. The summed E-state index contributed by atoms with van der Waals surface area (Å²) in [5.74, 6) is 0.257. The van der Waals surface area contributed by atoms with Crippen molar-refractivity contribution in [3.8, 4) is 6.07 Å². The van der Waals surface area contributed by atoms with Crippen LogP contribution < -0.4 is 0 Å². The highest BCUT2D eigenvalue weighted by Gasteiger charge is 2.12. The van der Waals surface area contributed by atoms with E-state index in [1.165, 1.54) is 16.0 Å². The van der Waals surface area contributed by atoms with E-state index in [2.05, 4.69) is 25.1 Å². The van der Waals surface area contributed by atoms with Crippen molar-refractivity contribution < 1.29 is 9.53 Å². The Labute approximate surface area is 159 Å². The summed E-state index contributed by atoms with van der Waals surface area (Å²) in [5.41, 5.74) is 5.55. The van der Waals surface area contributed by atoms with E-state index in [0.717, 1.165) is 22.4 Å². The van der Waals surface area contributed by atoms with E-state index in [9.17, 15) is 10.1 Å². The van der Waals surface area contributed by atoms with E-state index in [4.69, 9.17) is 4.74 Å². The Kier molecular flexibility index (Phi) is 7.06. The number of carbonyl (C=O) groups excluding carboxylic acids is 1. The number of nitrogens with zero attached hydrogens (tertiary/aromatic N) is 1. The van der Waals surface area contributed by atoms with Gasteiger partial charge in [-0.1, -0.05) is 35.9 Å². The molecule has 0 aliphatic carbocycles. The van der Waals surface area contributed by atoms with E-state index in [0.29, 0.717) is 0 Å². The van der Waals surface area contributed by atoms with Crippen molar-refractivity contribution in [1.82, 2.24) is 0 Å². The third kappa shape index (κ3) is 5.00. The lowest BCUT2D eigenvalue weighted by atomic mass is 9.98. The van der Waals surface area contributed by atoms with Crippen LogP contribution in [0.3, 0.4) is 0 Å². The smallest absolute Gasteiger partial charge is 0.348 e. The molecule has 2 aromatic carbocycles. The summed E-state index contributed by atoms with van der Waals surface area (Å²) in [6.07, 6.45) is 1.63. The largest absolute Gasteiger partial charge is 0.462 e. The van der Waals surface area contributed by atoms with Gasteiger partial charge in [-0.2, -0.15) is 5.26 Å². The second kappa shape index (κ2) is 9.26. The Morgan fingerprint density at radius 2 is 1.96 bits per heavy atom. The summed E-state index contributed by atoms with van der Waals surface area (Å²) >= 11 is 1.79. The van der Waals surface area contributed by atoms with Gasteiger partial charge in [0.05, 0.1) is 6.61 Å². The molecule has 0 bridgehead atoms. The van der Waals surface area contributed by atoms with Crippen LogP contribution >= 0.6 is 11.8 Å². The van der Waals surface area contributed by atoms with Gasteiger partial charge in [-0.05, 0) is 62.1 Å². The zero-order chi connectivity index (χ0) is 19.1. The molecule has 0 radical (unpaired) electrons. The van der Waals surface area contributed by atoms with Crippen LogP contribution in [0.25, 0.3) is 6.08 Å². The Morgan fingerprint density at radius 1 is 1.23 bits per heavy atom. The van der Waals surface area contributed by atoms with Gasteiger partial charge in [0.15, 0.2) is 0 Å². The lowest BCUT2D eigenvalue weighted by Gasteiger charge is -2.12. The highest BCUT2D eigenvalue weighted by Crippen LogP contribution is 2.29. The first-order valence-electron chi connectivity index (χ1n) is 8.53. The lowest BCUT2D eigenvalue weighted by Crippen LogP contribution is -2.06. The first-order chi connectivity index (χ1) is 12.5. The molecule has 0 spiro atoms. The number of aryl methyl sites for hydroxylation is 2. The fraction of sp³-hybridized carbons (Fsp3) is 0.273. The highest BCUT2D eigenvalue weighted by molar-refractivity contribution is 7.98. The predicted molar refractivity (Wildman–Crippen MR) is 107 cm³/mol. The predicted octanol–water partition coefficient (Wildman–Crippen LogP) is 5.37. The van der Waals surface area contributed by atoms with Gasteiger partial charge >= 0.3 is 5.97 Å². The quantitative estimate of drug-likeness (QED) is 0.299. The SMILES string of the molecule is CCOC(=O)/C(C#N)=C/c1cc(C)cc(CSc2ccccc2C)c1C. The van der Waals surface area contributed by atoms with Gasteiger partial charge in [0.2, 0.25) is 0 Å². The molecule has 0 unspecified atom stereocenters. The number of nitriles is 1. The third-order valence-corrected chi connectivity index (χ3v) is 5.32. The molecule has 4 heteroatoms. The van der Waals surface area contributed by atoms with Gasteiger partial charge in [0.25, 0.3) is 0 Å². The number of hydrogen-bond donors (Lipinski definition) is 0. The average molecular weight is 365 g/mol. The Hall–Kier alpha value is -2.51. The topological polar surface area (TPSA) is 50.1 Å². The Bertz CT molecular complexity index is 878. The molecule has 0 saturated heterocycles. The van der Waals surface area contributed by atoms with Gasteiger partial charge in [-0.15, -0.1) is 11.8 Å². The molecule has 26 heavy (non-hydrogen) atoms. The number of benzene rings is 2. The molecule has 2 aromatic rings. The number of esters is 1. The molecule has 0 N–H and O–H groups in total. The number of hydrogen-bond acceptors (Lipinski definition) is 4. The van der Waals surface area contributed by atoms with Crippen molar-refractivity contribution in [3.05, 3.63) is 69.8 Å². The zero-order valence-electron chi connectivity index (χ0n) is 15.6. The lowest BCUT2D eigenvalue weighted by molar-refractivity contribution is -0.137. The van der Waals surface area contributed by atoms with Crippen LogP contribution in [0.15, 0.2) is 46.9 Å². The van der Waals surface area contributed by atoms with E-state index in [1.807, 2.05) is 38.1 Å². The van der Waals surface area contributed by atoms with Gasteiger partial charge < -0.3 is 4.74 Å². The fourth-order valence-electron chi connectivity index (χ4n) is 2.64. The maximum atomic E-state index is 11.9. The van der Waals surface area contributed by atoms with Crippen LogP contribution in [0.1, 0.15) is 34.7 Å². The first kappa shape index (κ1) is 19.8. The highest BCUT2D eigenvalue weighted by atomic mass is 32.2. The van der Waals surface area contributed by atoms with Crippen molar-refractivity contribution in [2.45, 2.75) is 38.3 Å². The Balaban J connectivity index is 2.32. The van der Waals surface area contributed by atoms with E-state index in [1.54, 1.807) is 24.8 Å². The van der Waals surface area contributed by atoms with Crippen LogP contribution in [0.4, 0.5) is 0 Å². The molecule has 0 amide bonds. The molecule has 0 aliphatic heterocycles. The second-order valence-electron chi connectivity index (χ2n) is 6.08. The zero-order valence-corrected chi connectivity index (χ0v) is 16.4. The van der Waals surface area contributed by atoms with Crippen molar-refractivity contribution in [1.29, 1.82) is 5.26 Å². The van der Waals surface area contributed by atoms with Gasteiger partial charge in [-0.25, -0.2) is 4.79 Å². The molecular weight excluding hydrogens is 342 g/mol. The van der Waals surface area contributed by atoms with Crippen LogP contribution in [0.5, 0.6) is 0 Å². The van der Waals surface area contributed by atoms with Crippen LogP contribution in [0.2, 0.25) is 0 Å². The minimum atomic E-state index is -0.577. The molecule has 3 nitrogen and oxygen atoms in total. The van der Waals surface area contributed by atoms with Crippen molar-refractivity contribution >= 4 is 23.8 Å². The Morgan fingerprint density at radius 3 is 2.62 bits per heavy atom. The number of ether oxygens (including phenoxy) is 1. The fourth-order valence-corrected chi connectivity index (χ4v) is 3.72. The molecule has 2 rings (SSSR count). The summed E-state index contributed by atoms with van der Waals surface area (Å²) in [4.78, 5) is 13.1. The van der Waals surface area contributed by atoms with E-state index in [-0.39, 0.29) is 12.2 Å². The molecule has 0 aromatic heterocycles. The van der Waals surface area contributed by atoms with E-state index >= 15 is 0 Å². The van der Waals surface area contributed by atoms with Crippen LogP contribution in [-0.4, -0.2) is 12.6 Å². The maximum Gasteiger partial charge on any atom is 0.348 e. The molecular formula is C22H23NO2S. The molecule has 134 valence electrons. The van der Waals surface area contributed by atoms with Gasteiger partial charge in [0.1, 0.15) is 11.6 Å². The third-order valence-electron chi connectivity index (χ3n) is 4.09. The first-order valence-corrected chi connectivity index (χ1v) is 9.52. The summed E-state index contributed by atoms with van der Waals surface area (Å²) in [7, 11) is 0. The maximum absolute atomic E-state index is 11.9. The molecule has 0 aliphatic rings. The molecule has 0 saturated carbocycles. The van der Waals surface area contributed by atoms with E-state index < -0.39 is 5.97 Å². The monoisotopic (exact) mass is 365 g/mol. The van der Waals surface area contributed by atoms with Gasteiger partial charge in [0, 0.05) is 10.6 Å². The summed E-state index contributed by atoms with van der Waals surface area (Å²) in [5, 5.41) is 9.27. The van der Waals surface area contributed by atoms with Crippen molar-refractivity contribution in [2.24, 2.45) is 0 Å². The summed E-state index contributed by atoms with van der Waals surface area (Å²) in [6.45, 7) is 8.14. The molecule has 0 heterocycles. The number of carbonyl (C=O) groups is 1. The van der Waals surface area contributed by atoms with Crippen molar-refractivity contribution in [3.63, 3.8) is 0 Å². The molecule has 0 fully saturated rings. The van der Waals surface area contributed by atoms with Crippen LogP contribution in [-0.2, 0) is 15.3 Å². The second-order valence-corrected chi connectivity index (χ2v) is 7.10. The summed E-state index contributed by atoms with van der Waals surface area (Å²) in [6, 6.07) is 14.4. The minimum absolute atomic E-state index is 0.0260. The summed E-state index contributed by atoms with van der Waals surface area (Å²) < 4.78 is 4.95. The van der Waals surface area contributed by atoms with Gasteiger partial charge in [-0.3, -0.25) is 0 Å². The average Bonchev–Trinajstić information content (AvgIpc) is 2.62. The van der Waals surface area contributed by atoms with Crippen LogP contribution in [0, 0.1) is 32.1 Å². The molecule has 0 atom stereocenters. The standard InChI is InChI=1S/C22H23NO2S/c1-5-25-22(24)19(13-23)12-18-10-15(2)11-20(17(18)4)14-26-21-9-7-6-8-16(21)3/h6-12H,5,14H2,1-4H3/b19-12+. The number of rotatable bonds is 6. The minimum Gasteiger partial charge on any atom is -0.462 e. The number of thioether (sulfide) groups is 1.